The van der Waals surface area contributed by atoms with Crippen molar-refractivity contribution >= 4 is 16.8 Å². The highest BCUT2D eigenvalue weighted by molar-refractivity contribution is 6.05. The summed E-state index contributed by atoms with van der Waals surface area (Å²) in [5.41, 5.74) is 3.29. The van der Waals surface area contributed by atoms with Crippen LogP contribution in [0, 0.1) is 0 Å². The van der Waals surface area contributed by atoms with Crippen molar-refractivity contribution < 1.29 is 4.79 Å². The van der Waals surface area contributed by atoms with Crippen molar-refractivity contribution in [1.29, 1.82) is 0 Å². The second-order valence-electron chi connectivity index (χ2n) is 8.91. The summed E-state index contributed by atoms with van der Waals surface area (Å²) in [6.07, 6.45) is 7.71. The van der Waals surface area contributed by atoms with Gasteiger partial charge in [0.1, 0.15) is 5.82 Å². The molecule has 1 unspecified atom stereocenters. The Labute approximate surface area is 168 Å². The van der Waals surface area contributed by atoms with Crippen molar-refractivity contribution in [2.24, 2.45) is 0 Å². The molecular weight excluding hydrogens is 364 g/mol. The first-order valence-corrected chi connectivity index (χ1v) is 10.6. The SMILES string of the molecule is O=C(c1cccc2cc[nH]c12)N1CCCC2(CCc3c2nc(C2CC2)[nH]c3=O)C1. The van der Waals surface area contributed by atoms with Crippen LogP contribution in [0.5, 0.6) is 0 Å². The van der Waals surface area contributed by atoms with Crippen molar-refractivity contribution in [3.8, 4) is 0 Å². The molecule has 29 heavy (non-hydrogen) atoms. The molecule has 2 aromatic heterocycles. The normalized spacial score (nSPS) is 23.7. The summed E-state index contributed by atoms with van der Waals surface area (Å²) < 4.78 is 0. The fraction of sp³-hybridized carbons (Fsp3) is 0.435. The summed E-state index contributed by atoms with van der Waals surface area (Å²) in [6, 6.07) is 7.85. The van der Waals surface area contributed by atoms with Crippen LogP contribution >= 0.6 is 0 Å². The molecule has 1 saturated heterocycles. The van der Waals surface area contributed by atoms with E-state index >= 15 is 0 Å². The molecule has 3 heterocycles. The van der Waals surface area contributed by atoms with Gasteiger partial charge in [0.25, 0.3) is 11.5 Å². The number of hydrogen-bond acceptors (Lipinski definition) is 3. The van der Waals surface area contributed by atoms with E-state index in [-0.39, 0.29) is 16.9 Å². The Balaban J connectivity index is 1.37. The van der Waals surface area contributed by atoms with Gasteiger partial charge in [-0.25, -0.2) is 4.98 Å². The van der Waals surface area contributed by atoms with E-state index in [0.717, 1.165) is 78.6 Å². The number of nitrogens with zero attached hydrogens (tertiary/aromatic N) is 2. The molecule has 1 atom stereocenters. The monoisotopic (exact) mass is 388 g/mol. The van der Waals surface area contributed by atoms with Gasteiger partial charge in [0.15, 0.2) is 0 Å². The van der Waals surface area contributed by atoms with E-state index in [0.29, 0.717) is 12.5 Å². The minimum atomic E-state index is -0.176. The lowest BCUT2D eigenvalue weighted by atomic mass is 9.77. The highest BCUT2D eigenvalue weighted by atomic mass is 16.2. The van der Waals surface area contributed by atoms with Gasteiger partial charge in [0, 0.05) is 41.6 Å². The quantitative estimate of drug-likeness (QED) is 0.707. The van der Waals surface area contributed by atoms with Gasteiger partial charge in [-0.05, 0) is 50.7 Å². The van der Waals surface area contributed by atoms with Gasteiger partial charge in [0.2, 0.25) is 0 Å². The lowest BCUT2D eigenvalue weighted by Gasteiger charge is -2.40. The third-order valence-electron chi connectivity index (χ3n) is 7.04. The number of para-hydroxylation sites is 1. The number of H-pyrrole nitrogens is 2. The van der Waals surface area contributed by atoms with Crippen LogP contribution in [0.2, 0.25) is 0 Å². The van der Waals surface area contributed by atoms with E-state index in [1.165, 1.54) is 0 Å². The zero-order valence-electron chi connectivity index (χ0n) is 16.3. The van der Waals surface area contributed by atoms with Crippen LogP contribution in [-0.4, -0.2) is 38.8 Å². The lowest BCUT2D eigenvalue weighted by Crippen LogP contribution is -2.48. The van der Waals surface area contributed by atoms with Crippen LogP contribution in [0.3, 0.4) is 0 Å². The average molecular weight is 388 g/mol. The second-order valence-corrected chi connectivity index (χ2v) is 8.91. The van der Waals surface area contributed by atoms with E-state index < -0.39 is 0 Å². The molecular formula is C23H24N4O2. The van der Waals surface area contributed by atoms with E-state index in [1.807, 2.05) is 35.4 Å². The first-order valence-electron chi connectivity index (χ1n) is 10.6. The molecule has 6 nitrogen and oxygen atoms in total. The van der Waals surface area contributed by atoms with Gasteiger partial charge in [-0.3, -0.25) is 9.59 Å². The van der Waals surface area contributed by atoms with Gasteiger partial charge >= 0.3 is 0 Å². The molecule has 0 bridgehead atoms. The molecule has 1 aromatic carbocycles. The topological polar surface area (TPSA) is 81.8 Å². The van der Waals surface area contributed by atoms with E-state index in [9.17, 15) is 9.59 Å². The van der Waals surface area contributed by atoms with Gasteiger partial charge in [-0.2, -0.15) is 0 Å². The number of amides is 1. The maximum absolute atomic E-state index is 13.4. The molecule has 1 aliphatic heterocycles. The Bertz CT molecular complexity index is 1190. The zero-order chi connectivity index (χ0) is 19.6. The highest BCUT2D eigenvalue weighted by Crippen LogP contribution is 2.45. The molecule has 6 rings (SSSR count). The number of piperidine rings is 1. The summed E-state index contributed by atoms with van der Waals surface area (Å²) in [4.78, 5) is 39.3. The smallest absolute Gasteiger partial charge is 0.256 e. The van der Waals surface area contributed by atoms with E-state index in [4.69, 9.17) is 4.98 Å². The molecule has 2 N–H and O–H groups in total. The Morgan fingerprint density at radius 3 is 2.97 bits per heavy atom. The number of nitrogens with one attached hydrogen (secondary N) is 2. The third kappa shape index (κ3) is 2.58. The van der Waals surface area contributed by atoms with Crippen LogP contribution in [0.15, 0.2) is 35.3 Å². The second kappa shape index (κ2) is 6.05. The van der Waals surface area contributed by atoms with Crippen molar-refractivity contribution in [3.05, 3.63) is 63.5 Å². The van der Waals surface area contributed by atoms with Gasteiger partial charge < -0.3 is 14.9 Å². The maximum Gasteiger partial charge on any atom is 0.256 e. The number of rotatable bonds is 2. The largest absolute Gasteiger partial charge is 0.361 e. The first kappa shape index (κ1) is 17.0. The summed E-state index contributed by atoms with van der Waals surface area (Å²) in [5.74, 6) is 1.34. The Morgan fingerprint density at radius 1 is 1.21 bits per heavy atom. The fourth-order valence-corrected chi connectivity index (χ4v) is 5.35. The zero-order valence-corrected chi connectivity index (χ0v) is 16.3. The molecule has 148 valence electrons. The van der Waals surface area contributed by atoms with Gasteiger partial charge in [-0.1, -0.05) is 12.1 Å². The van der Waals surface area contributed by atoms with Crippen molar-refractivity contribution in [1.82, 2.24) is 19.9 Å². The Morgan fingerprint density at radius 2 is 2.10 bits per heavy atom. The molecule has 6 heteroatoms. The number of carbonyl (C=O) groups is 1. The predicted octanol–water partition coefficient (Wildman–Crippen LogP) is 3.25. The standard InChI is InChI=1S/C23H24N4O2/c28-21-17-7-10-23(19(17)25-20(26-21)15-5-6-15)9-2-12-27(13-23)22(29)16-4-1-3-14-8-11-24-18(14)16/h1,3-4,8,11,15,24H,2,5-7,9-10,12-13H2,(H,25,26,28). The van der Waals surface area contributed by atoms with Crippen LogP contribution in [0.25, 0.3) is 10.9 Å². The van der Waals surface area contributed by atoms with E-state index in [1.54, 1.807) is 0 Å². The highest BCUT2D eigenvalue weighted by Gasteiger charge is 2.46. The Hall–Kier alpha value is -2.89. The maximum atomic E-state index is 13.4. The van der Waals surface area contributed by atoms with Crippen LogP contribution < -0.4 is 5.56 Å². The minimum Gasteiger partial charge on any atom is -0.361 e. The summed E-state index contributed by atoms with van der Waals surface area (Å²) >= 11 is 0. The average Bonchev–Trinajstić information content (AvgIpc) is 3.38. The molecule has 1 amide bonds. The van der Waals surface area contributed by atoms with Crippen LogP contribution in [0.4, 0.5) is 0 Å². The lowest BCUT2D eigenvalue weighted by molar-refractivity contribution is 0.0635. The summed E-state index contributed by atoms with van der Waals surface area (Å²) in [7, 11) is 0. The number of fused-ring (bicyclic) bond motifs is 3. The van der Waals surface area contributed by atoms with Crippen molar-refractivity contribution in [2.75, 3.05) is 13.1 Å². The molecule has 1 spiro atoms. The molecule has 2 aliphatic carbocycles. The molecule has 0 radical (unpaired) electrons. The Kier molecular flexibility index (Phi) is 3.55. The van der Waals surface area contributed by atoms with Crippen molar-refractivity contribution in [3.63, 3.8) is 0 Å². The van der Waals surface area contributed by atoms with E-state index in [2.05, 4.69) is 9.97 Å². The predicted molar refractivity (Wildman–Crippen MR) is 110 cm³/mol. The van der Waals surface area contributed by atoms with Crippen LogP contribution in [-0.2, 0) is 11.8 Å². The molecule has 2 fully saturated rings. The number of aromatic nitrogens is 3. The first-order chi connectivity index (χ1) is 14.1. The number of carbonyl (C=O) groups excluding carboxylic acids is 1. The van der Waals surface area contributed by atoms with Crippen LogP contribution in [0.1, 0.15) is 65.5 Å². The molecule has 3 aromatic rings. The van der Waals surface area contributed by atoms with Gasteiger partial charge in [-0.15, -0.1) is 0 Å². The molecule has 3 aliphatic rings. The fourth-order valence-electron chi connectivity index (χ4n) is 5.35. The number of likely N-dealkylation sites (tertiary alicyclic amines) is 1. The number of hydrogen-bond donors (Lipinski definition) is 2. The van der Waals surface area contributed by atoms with Gasteiger partial charge in [0.05, 0.1) is 16.8 Å². The minimum absolute atomic E-state index is 0.0355. The number of benzene rings is 1. The summed E-state index contributed by atoms with van der Waals surface area (Å²) in [5, 5.41) is 1.05. The summed E-state index contributed by atoms with van der Waals surface area (Å²) in [6.45, 7) is 1.40. The molecule has 1 saturated carbocycles. The number of aromatic amines is 2. The van der Waals surface area contributed by atoms with Crippen molar-refractivity contribution in [2.45, 2.75) is 49.9 Å². The third-order valence-corrected chi connectivity index (χ3v) is 7.04.